The fourth-order valence-corrected chi connectivity index (χ4v) is 4.31. The first-order chi connectivity index (χ1) is 12.9. The minimum Gasteiger partial charge on any atom is -0.369 e. The molecule has 4 rings (SSSR count). The molecule has 3 N–H and O–H groups in total. The van der Waals surface area contributed by atoms with Gasteiger partial charge in [0.05, 0.1) is 22.1 Å². The zero-order valence-electron chi connectivity index (χ0n) is 15.3. The van der Waals surface area contributed by atoms with E-state index in [1.54, 1.807) is 6.07 Å². The van der Waals surface area contributed by atoms with E-state index in [-0.39, 0.29) is 0 Å². The van der Waals surface area contributed by atoms with Gasteiger partial charge in [0, 0.05) is 35.8 Å². The average Bonchev–Trinajstić information content (AvgIpc) is 3.17. The van der Waals surface area contributed by atoms with Crippen LogP contribution in [0.5, 0.6) is 0 Å². The number of halogens is 2. The normalized spacial score (nSPS) is 15.5. The molecule has 27 heavy (non-hydrogen) atoms. The maximum atomic E-state index is 6.42. The summed E-state index contributed by atoms with van der Waals surface area (Å²) in [6, 6.07) is 7.59. The van der Waals surface area contributed by atoms with E-state index in [1.165, 1.54) is 0 Å². The second-order valence-corrected chi connectivity index (χ2v) is 7.89. The van der Waals surface area contributed by atoms with Crippen LogP contribution in [0.3, 0.4) is 0 Å². The molecule has 0 atom stereocenters. The van der Waals surface area contributed by atoms with Gasteiger partial charge in [0.25, 0.3) is 0 Å². The summed E-state index contributed by atoms with van der Waals surface area (Å²) in [6.07, 6.45) is 2.04. The van der Waals surface area contributed by atoms with Gasteiger partial charge in [0.1, 0.15) is 5.82 Å². The quantitative estimate of drug-likeness (QED) is 0.674. The number of nitrogens with two attached hydrogens (primary N) is 1. The number of H-pyrrole nitrogens is 1. The lowest BCUT2D eigenvalue weighted by Crippen LogP contribution is -2.34. The Morgan fingerprint density at radius 3 is 2.52 bits per heavy atom. The fraction of sp³-hybridized carbons (Fsp3) is 0.368. The number of aromatic nitrogens is 4. The van der Waals surface area contributed by atoms with Crippen molar-refractivity contribution in [1.82, 2.24) is 19.7 Å². The van der Waals surface area contributed by atoms with Crippen molar-refractivity contribution in [1.29, 1.82) is 0 Å². The number of aromatic amines is 1. The first-order valence-corrected chi connectivity index (χ1v) is 9.77. The highest BCUT2D eigenvalue weighted by atomic mass is 35.5. The van der Waals surface area contributed by atoms with Crippen molar-refractivity contribution in [2.45, 2.75) is 32.6 Å². The first-order valence-electron chi connectivity index (χ1n) is 9.01. The van der Waals surface area contributed by atoms with E-state index >= 15 is 0 Å². The number of hydrogen-bond acceptors (Lipinski definition) is 4. The summed E-state index contributed by atoms with van der Waals surface area (Å²) in [7, 11) is 0. The Balaban J connectivity index is 1.58. The molecule has 0 spiro atoms. The molecule has 8 heteroatoms. The molecule has 3 heterocycles. The number of hydrogen-bond donors (Lipinski definition) is 2. The number of imidazole rings is 1. The monoisotopic (exact) mass is 404 g/mol. The molecular formula is C19H22Cl2N6. The second-order valence-electron chi connectivity index (χ2n) is 7.05. The molecule has 1 aromatic carbocycles. The largest absolute Gasteiger partial charge is 0.369 e. The molecule has 1 aliphatic rings. The van der Waals surface area contributed by atoms with Gasteiger partial charge in [-0.05, 0) is 44.9 Å². The number of aryl methyl sites for hydroxylation is 2. The maximum Gasteiger partial charge on any atom is 0.197 e. The van der Waals surface area contributed by atoms with Crippen molar-refractivity contribution < 1.29 is 0 Å². The van der Waals surface area contributed by atoms with Crippen molar-refractivity contribution in [3.8, 4) is 5.69 Å². The Morgan fingerprint density at radius 1 is 1.15 bits per heavy atom. The van der Waals surface area contributed by atoms with Gasteiger partial charge in [-0.15, -0.1) is 0 Å². The fourth-order valence-electron chi connectivity index (χ4n) is 3.82. The molecule has 0 unspecified atom stereocenters. The summed E-state index contributed by atoms with van der Waals surface area (Å²) < 4.78 is 1.91. The van der Waals surface area contributed by atoms with Gasteiger partial charge in [0.2, 0.25) is 0 Å². The van der Waals surface area contributed by atoms with Crippen molar-refractivity contribution in [2.24, 2.45) is 0 Å². The number of benzene rings is 1. The highest BCUT2D eigenvalue weighted by Crippen LogP contribution is 2.34. The standard InChI is InChI=1S/C19H22Cl2N6/c1-11-9-17(27(25-11)16-4-3-14(20)10-15(16)21)26-7-5-13(6-8-26)18-12(2)23-19(22)24-18/h3-4,9-10,13H,5-8H2,1-2H3,(H3,22,23,24). The van der Waals surface area contributed by atoms with E-state index in [2.05, 4.69) is 26.0 Å². The molecular weight excluding hydrogens is 383 g/mol. The molecule has 0 radical (unpaired) electrons. The third-order valence-electron chi connectivity index (χ3n) is 5.10. The lowest BCUT2D eigenvalue weighted by molar-refractivity contribution is 0.490. The highest BCUT2D eigenvalue weighted by Gasteiger charge is 2.26. The number of piperidine rings is 1. The first kappa shape index (κ1) is 18.2. The van der Waals surface area contributed by atoms with Crippen LogP contribution in [0, 0.1) is 13.8 Å². The summed E-state index contributed by atoms with van der Waals surface area (Å²) >= 11 is 12.5. The molecule has 1 fully saturated rings. The third kappa shape index (κ3) is 3.51. The van der Waals surface area contributed by atoms with Gasteiger partial charge >= 0.3 is 0 Å². The number of nitrogen functional groups attached to an aromatic ring is 1. The average molecular weight is 405 g/mol. The molecule has 1 saturated heterocycles. The van der Waals surface area contributed by atoms with E-state index < -0.39 is 0 Å². The van der Waals surface area contributed by atoms with Crippen LogP contribution in [0.25, 0.3) is 5.69 Å². The van der Waals surface area contributed by atoms with Gasteiger partial charge in [0.15, 0.2) is 5.95 Å². The van der Waals surface area contributed by atoms with Crippen LogP contribution in [-0.2, 0) is 0 Å². The Hall–Kier alpha value is -2.18. The zero-order chi connectivity index (χ0) is 19.1. The minimum absolute atomic E-state index is 0.423. The van der Waals surface area contributed by atoms with Crippen LogP contribution in [0.2, 0.25) is 10.0 Å². The Bertz CT molecular complexity index is 969. The molecule has 0 bridgehead atoms. The topological polar surface area (TPSA) is 75.8 Å². The minimum atomic E-state index is 0.423. The molecule has 0 amide bonds. The Kier molecular flexibility index (Phi) is 4.78. The molecule has 142 valence electrons. The van der Waals surface area contributed by atoms with Crippen molar-refractivity contribution in [2.75, 3.05) is 23.7 Å². The summed E-state index contributed by atoms with van der Waals surface area (Å²) in [5.74, 6) is 1.97. The van der Waals surface area contributed by atoms with Gasteiger partial charge in [-0.2, -0.15) is 5.10 Å². The molecule has 0 saturated carbocycles. The maximum absolute atomic E-state index is 6.42. The van der Waals surface area contributed by atoms with Crippen molar-refractivity contribution in [3.05, 3.63) is 51.4 Å². The molecule has 2 aromatic heterocycles. The Labute approximate surface area is 168 Å². The summed E-state index contributed by atoms with van der Waals surface area (Å²) in [4.78, 5) is 9.94. The van der Waals surface area contributed by atoms with E-state index in [0.717, 1.165) is 54.5 Å². The van der Waals surface area contributed by atoms with E-state index in [1.807, 2.05) is 30.7 Å². The summed E-state index contributed by atoms with van der Waals surface area (Å²) in [5, 5.41) is 5.86. The van der Waals surface area contributed by atoms with Gasteiger partial charge in [-0.3, -0.25) is 0 Å². The molecule has 0 aliphatic carbocycles. The van der Waals surface area contributed by atoms with Crippen molar-refractivity contribution >= 4 is 35.0 Å². The van der Waals surface area contributed by atoms with E-state index in [0.29, 0.717) is 21.9 Å². The van der Waals surface area contributed by atoms with Gasteiger partial charge in [-0.25, -0.2) is 9.67 Å². The SMILES string of the molecule is Cc1cc(N2CCC(c3nc(N)[nH]c3C)CC2)n(-c2ccc(Cl)cc2Cl)n1. The lowest BCUT2D eigenvalue weighted by atomic mass is 9.92. The van der Waals surface area contributed by atoms with Crippen LogP contribution in [0.4, 0.5) is 11.8 Å². The molecule has 3 aromatic rings. The van der Waals surface area contributed by atoms with Crippen LogP contribution in [0.1, 0.15) is 35.8 Å². The zero-order valence-corrected chi connectivity index (χ0v) is 16.8. The Morgan fingerprint density at radius 2 is 1.89 bits per heavy atom. The van der Waals surface area contributed by atoms with Crippen LogP contribution < -0.4 is 10.6 Å². The van der Waals surface area contributed by atoms with Crippen LogP contribution >= 0.6 is 23.2 Å². The van der Waals surface area contributed by atoms with Crippen molar-refractivity contribution in [3.63, 3.8) is 0 Å². The van der Waals surface area contributed by atoms with Crippen LogP contribution in [-0.4, -0.2) is 32.8 Å². The number of nitrogens with zero attached hydrogens (tertiary/aromatic N) is 4. The number of anilines is 2. The predicted octanol–water partition coefficient (Wildman–Crippen LogP) is 4.49. The third-order valence-corrected chi connectivity index (χ3v) is 5.63. The predicted molar refractivity (Wildman–Crippen MR) is 110 cm³/mol. The number of rotatable bonds is 3. The highest BCUT2D eigenvalue weighted by molar-refractivity contribution is 6.35. The second kappa shape index (κ2) is 7.09. The van der Waals surface area contributed by atoms with E-state index in [9.17, 15) is 0 Å². The summed E-state index contributed by atoms with van der Waals surface area (Å²) in [5.41, 5.74) is 9.76. The smallest absolute Gasteiger partial charge is 0.197 e. The van der Waals surface area contributed by atoms with Crippen LogP contribution in [0.15, 0.2) is 24.3 Å². The van der Waals surface area contributed by atoms with Gasteiger partial charge < -0.3 is 15.6 Å². The van der Waals surface area contributed by atoms with Gasteiger partial charge in [-0.1, -0.05) is 23.2 Å². The molecule has 6 nitrogen and oxygen atoms in total. The molecule has 1 aliphatic heterocycles. The van der Waals surface area contributed by atoms with E-state index in [4.69, 9.17) is 28.9 Å². The summed E-state index contributed by atoms with van der Waals surface area (Å²) in [6.45, 7) is 5.87. The number of nitrogens with one attached hydrogen (secondary N) is 1. The lowest BCUT2D eigenvalue weighted by Gasteiger charge is -2.33.